The topological polar surface area (TPSA) is 15.3 Å². The molecular formula is C15H23IN2. The van der Waals surface area contributed by atoms with Gasteiger partial charge < -0.3 is 5.32 Å². The summed E-state index contributed by atoms with van der Waals surface area (Å²) in [5, 5.41) is 3.68. The van der Waals surface area contributed by atoms with E-state index >= 15 is 0 Å². The van der Waals surface area contributed by atoms with Gasteiger partial charge in [0.1, 0.15) is 0 Å². The molecule has 0 aromatic heterocycles. The highest BCUT2D eigenvalue weighted by atomic mass is 127. The standard InChI is InChI=1S/C15H23IN2/c1-3-18-10-4-5-15(18)11-17-12(2)13-6-8-14(16)9-7-13/h6-9,12,15,17H,3-5,10-11H2,1-2H3. The molecule has 2 atom stereocenters. The summed E-state index contributed by atoms with van der Waals surface area (Å²) in [6.45, 7) is 8.10. The zero-order chi connectivity index (χ0) is 13.0. The smallest absolute Gasteiger partial charge is 0.0292 e. The summed E-state index contributed by atoms with van der Waals surface area (Å²) >= 11 is 2.35. The van der Waals surface area contributed by atoms with Crippen molar-refractivity contribution in [2.75, 3.05) is 19.6 Å². The molecule has 1 aromatic rings. The van der Waals surface area contributed by atoms with E-state index in [9.17, 15) is 0 Å². The molecule has 2 nitrogen and oxygen atoms in total. The number of likely N-dealkylation sites (tertiary alicyclic amines) is 1. The van der Waals surface area contributed by atoms with Crippen molar-refractivity contribution < 1.29 is 0 Å². The van der Waals surface area contributed by atoms with Gasteiger partial charge in [-0.15, -0.1) is 0 Å². The van der Waals surface area contributed by atoms with Crippen molar-refractivity contribution in [3.05, 3.63) is 33.4 Å². The number of hydrogen-bond acceptors (Lipinski definition) is 2. The first-order chi connectivity index (χ1) is 8.70. The lowest BCUT2D eigenvalue weighted by Crippen LogP contribution is -2.38. The summed E-state index contributed by atoms with van der Waals surface area (Å²) in [4.78, 5) is 2.59. The van der Waals surface area contributed by atoms with Gasteiger partial charge in [-0.05, 0) is 73.1 Å². The van der Waals surface area contributed by atoms with Gasteiger partial charge in [0, 0.05) is 22.2 Å². The summed E-state index contributed by atoms with van der Waals surface area (Å²) in [7, 11) is 0. The molecule has 0 saturated carbocycles. The molecule has 1 aliphatic rings. The van der Waals surface area contributed by atoms with E-state index in [4.69, 9.17) is 0 Å². The molecule has 1 aliphatic heterocycles. The van der Waals surface area contributed by atoms with E-state index in [1.807, 2.05) is 0 Å². The maximum absolute atomic E-state index is 3.68. The zero-order valence-corrected chi connectivity index (χ0v) is 13.5. The van der Waals surface area contributed by atoms with Crippen LogP contribution >= 0.6 is 22.6 Å². The summed E-state index contributed by atoms with van der Waals surface area (Å²) in [5.41, 5.74) is 1.39. The molecule has 3 heteroatoms. The van der Waals surface area contributed by atoms with E-state index in [0.29, 0.717) is 6.04 Å². The number of likely N-dealkylation sites (N-methyl/N-ethyl adjacent to an activating group) is 1. The number of halogens is 1. The molecule has 100 valence electrons. The lowest BCUT2D eigenvalue weighted by atomic mass is 10.1. The third-order valence-corrected chi connectivity index (χ3v) is 4.65. The van der Waals surface area contributed by atoms with Gasteiger partial charge in [0.05, 0.1) is 0 Å². The van der Waals surface area contributed by atoms with Gasteiger partial charge in [0.2, 0.25) is 0 Å². The normalized spacial score (nSPS) is 22.3. The van der Waals surface area contributed by atoms with Crippen LogP contribution in [0.25, 0.3) is 0 Å². The summed E-state index contributed by atoms with van der Waals surface area (Å²) in [5.74, 6) is 0. The first-order valence-corrected chi connectivity index (χ1v) is 8.01. The number of hydrogen-bond donors (Lipinski definition) is 1. The fourth-order valence-electron chi connectivity index (χ4n) is 2.72. The van der Waals surface area contributed by atoms with E-state index in [1.54, 1.807) is 0 Å². The van der Waals surface area contributed by atoms with Gasteiger partial charge in [-0.2, -0.15) is 0 Å². The third kappa shape index (κ3) is 3.68. The minimum absolute atomic E-state index is 0.446. The Kier molecular flexibility index (Phi) is 5.45. The lowest BCUT2D eigenvalue weighted by Gasteiger charge is -2.25. The molecule has 0 spiro atoms. The average Bonchev–Trinajstić information content (AvgIpc) is 2.84. The number of rotatable bonds is 5. The SMILES string of the molecule is CCN1CCCC1CNC(C)c1ccc(I)cc1. The van der Waals surface area contributed by atoms with E-state index < -0.39 is 0 Å². The van der Waals surface area contributed by atoms with Crippen molar-refractivity contribution in [2.24, 2.45) is 0 Å². The lowest BCUT2D eigenvalue weighted by molar-refractivity contribution is 0.255. The van der Waals surface area contributed by atoms with Crippen LogP contribution in [0.4, 0.5) is 0 Å². The molecule has 2 unspecified atom stereocenters. The molecule has 1 aromatic carbocycles. The van der Waals surface area contributed by atoms with Crippen LogP contribution in [0.1, 0.15) is 38.3 Å². The van der Waals surface area contributed by atoms with Crippen LogP contribution in [-0.2, 0) is 0 Å². The van der Waals surface area contributed by atoms with Crippen LogP contribution in [0, 0.1) is 3.57 Å². The number of benzene rings is 1. The second-order valence-corrected chi connectivity index (χ2v) is 6.35. The van der Waals surface area contributed by atoms with Crippen LogP contribution in [0.3, 0.4) is 0 Å². The molecule has 0 amide bonds. The minimum atomic E-state index is 0.446. The van der Waals surface area contributed by atoms with Crippen molar-refractivity contribution in [3.8, 4) is 0 Å². The fourth-order valence-corrected chi connectivity index (χ4v) is 3.08. The van der Waals surface area contributed by atoms with Crippen LogP contribution in [0.2, 0.25) is 0 Å². The van der Waals surface area contributed by atoms with Crippen LogP contribution in [0.5, 0.6) is 0 Å². The number of nitrogens with zero attached hydrogens (tertiary/aromatic N) is 1. The molecule has 18 heavy (non-hydrogen) atoms. The van der Waals surface area contributed by atoms with Gasteiger partial charge >= 0.3 is 0 Å². The molecular weight excluding hydrogens is 335 g/mol. The molecule has 1 saturated heterocycles. The van der Waals surface area contributed by atoms with Crippen molar-refractivity contribution in [1.29, 1.82) is 0 Å². The van der Waals surface area contributed by atoms with E-state index in [-0.39, 0.29) is 0 Å². The fraction of sp³-hybridized carbons (Fsp3) is 0.600. The highest BCUT2D eigenvalue weighted by Crippen LogP contribution is 2.18. The van der Waals surface area contributed by atoms with E-state index in [0.717, 1.165) is 12.6 Å². The Bertz CT molecular complexity index is 363. The third-order valence-electron chi connectivity index (χ3n) is 3.93. The summed E-state index contributed by atoms with van der Waals surface area (Å²) < 4.78 is 1.30. The first kappa shape index (κ1) is 14.3. The van der Waals surface area contributed by atoms with Crippen molar-refractivity contribution >= 4 is 22.6 Å². The van der Waals surface area contributed by atoms with Gasteiger partial charge in [-0.1, -0.05) is 19.1 Å². The molecule has 1 fully saturated rings. The van der Waals surface area contributed by atoms with Crippen LogP contribution in [0.15, 0.2) is 24.3 Å². The van der Waals surface area contributed by atoms with Crippen LogP contribution < -0.4 is 5.32 Å². The van der Waals surface area contributed by atoms with E-state index in [2.05, 4.69) is 70.9 Å². The Hall–Kier alpha value is -0.130. The Labute approximate surface area is 124 Å². The largest absolute Gasteiger partial charge is 0.309 e. The summed E-state index contributed by atoms with van der Waals surface area (Å²) in [6, 6.07) is 10.0. The second-order valence-electron chi connectivity index (χ2n) is 5.11. The Morgan fingerprint density at radius 1 is 1.39 bits per heavy atom. The minimum Gasteiger partial charge on any atom is -0.309 e. The van der Waals surface area contributed by atoms with Gasteiger partial charge in [-0.3, -0.25) is 4.90 Å². The second kappa shape index (κ2) is 6.87. The van der Waals surface area contributed by atoms with E-state index in [1.165, 1.54) is 35.1 Å². The average molecular weight is 358 g/mol. The van der Waals surface area contributed by atoms with Gasteiger partial charge in [-0.25, -0.2) is 0 Å². The van der Waals surface area contributed by atoms with Crippen molar-refractivity contribution in [3.63, 3.8) is 0 Å². The molecule has 0 aliphatic carbocycles. The molecule has 2 rings (SSSR count). The Balaban J connectivity index is 1.84. The predicted octanol–water partition coefficient (Wildman–Crippen LogP) is 3.43. The molecule has 0 bridgehead atoms. The Morgan fingerprint density at radius 3 is 2.78 bits per heavy atom. The highest BCUT2D eigenvalue weighted by molar-refractivity contribution is 14.1. The zero-order valence-electron chi connectivity index (χ0n) is 11.3. The van der Waals surface area contributed by atoms with Crippen LogP contribution in [-0.4, -0.2) is 30.6 Å². The van der Waals surface area contributed by atoms with Gasteiger partial charge in [0.15, 0.2) is 0 Å². The highest BCUT2D eigenvalue weighted by Gasteiger charge is 2.22. The van der Waals surface area contributed by atoms with Gasteiger partial charge in [0.25, 0.3) is 0 Å². The molecule has 1 N–H and O–H groups in total. The molecule has 1 heterocycles. The predicted molar refractivity (Wildman–Crippen MR) is 85.8 cm³/mol. The summed E-state index contributed by atoms with van der Waals surface area (Å²) in [6.07, 6.45) is 2.71. The maximum Gasteiger partial charge on any atom is 0.0292 e. The Morgan fingerprint density at radius 2 is 2.11 bits per heavy atom. The van der Waals surface area contributed by atoms with Crippen molar-refractivity contribution in [1.82, 2.24) is 10.2 Å². The monoisotopic (exact) mass is 358 g/mol. The maximum atomic E-state index is 3.68. The first-order valence-electron chi connectivity index (χ1n) is 6.93. The quantitative estimate of drug-likeness (QED) is 0.812. The molecule has 0 radical (unpaired) electrons. The number of nitrogens with one attached hydrogen (secondary N) is 1. The van der Waals surface area contributed by atoms with Crippen molar-refractivity contribution in [2.45, 2.75) is 38.8 Å².